The topological polar surface area (TPSA) is 20.2 Å². The van der Waals surface area contributed by atoms with Gasteiger partial charge in [-0.15, -0.1) is 0 Å². The molecular formula is C11H22O. The zero-order valence-electron chi connectivity index (χ0n) is 8.26. The van der Waals surface area contributed by atoms with Gasteiger partial charge in [-0.3, -0.25) is 0 Å². The van der Waals surface area contributed by atoms with Crippen molar-refractivity contribution in [3.63, 3.8) is 0 Å². The third-order valence-corrected chi connectivity index (χ3v) is 2.98. The van der Waals surface area contributed by atoms with E-state index in [-0.39, 0.29) is 0 Å². The first kappa shape index (κ1) is 10.0. The minimum absolute atomic E-state index is 0.430. The summed E-state index contributed by atoms with van der Waals surface area (Å²) in [5.74, 6) is 1.56. The monoisotopic (exact) mass is 170 g/mol. The molecule has 1 heteroatoms. The summed E-state index contributed by atoms with van der Waals surface area (Å²) in [6.45, 7) is 2.68. The van der Waals surface area contributed by atoms with Crippen LogP contribution in [-0.4, -0.2) is 11.7 Å². The zero-order valence-corrected chi connectivity index (χ0v) is 8.26. The third-order valence-electron chi connectivity index (χ3n) is 2.98. The molecule has 0 aromatic rings. The molecule has 0 spiro atoms. The lowest BCUT2D eigenvalue weighted by atomic mass is 10.1. The summed E-state index contributed by atoms with van der Waals surface area (Å²) >= 11 is 0. The van der Waals surface area contributed by atoms with Gasteiger partial charge in [0.05, 0.1) is 0 Å². The van der Waals surface area contributed by atoms with E-state index in [1.165, 1.54) is 44.9 Å². The van der Waals surface area contributed by atoms with Crippen molar-refractivity contribution in [1.29, 1.82) is 0 Å². The zero-order chi connectivity index (χ0) is 8.81. The van der Waals surface area contributed by atoms with Gasteiger partial charge in [-0.1, -0.05) is 45.4 Å². The Morgan fingerprint density at radius 3 is 2.42 bits per heavy atom. The molecule has 2 unspecified atom stereocenters. The molecule has 1 aliphatic rings. The first-order valence-electron chi connectivity index (χ1n) is 5.49. The second kappa shape index (κ2) is 5.58. The smallest absolute Gasteiger partial charge is 0.0462 e. The molecule has 0 aromatic carbocycles. The molecular weight excluding hydrogens is 148 g/mol. The van der Waals surface area contributed by atoms with Gasteiger partial charge in [-0.2, -0.15) is 0 Å². The number of hydrogen-bond acceptors (Lipinski definition) is 1. The summed E-state index contributed by atoms with van der Waals surface area (Å²) < 4.78 is 0. The van der Waals surface area contributed by atoms with Crippen LogP contribution in [0.5, 0.6) is 0 Å². The number of aliphatic hydroxyl groups is 1. The SMILES string of the molecule is CCCCCCCC1CC1CO. The van der Waals surface area contributed by atoms with Crippen LogP contribution in [-0.2, 0) is 0 Å². The maximum atomic E-state index is 8.82. The van der Waals surface area contributed by atoms with Crippen LogP contribution in [0.2, 0.25) is 0 Å². The largest absolute Gasteiger partial charge is 0.396 e. The van der Waals surface area contributed by atoms with Crippen LogP contribution in [0.4, 0.5) is 0 Å². The van der Waals surface area contributed by atoms with Gasteiger partial charge < -0.3 is 5.11 Å². The average Bonchev–Trinajstić information content (AvgIpc) is 2.83. The summed E-state index contributed by atoms with van der Waals surface area (Å²) in [6.07, 6.45) is 9.60. The van der Waals surface area contributed by atoms with Crippen molar-refractivity contribution < 1.29 is 5.11 Å². The average molecular weight is 170 g/mol. The van der Waals surface area contributed by atoms with Crippen molar-refractivity contribution in [1.82, 2.24) is 0 Å². The fourth-order valence-electron chi connectivity index (χ4n) is 1.90. The molecule has 0 heterocycles. The Morgan fingerprint density at radius 2 is 1.83 bits per heavy atom. The molecule has 12 heavy (non-hydrogen) atoms. The Hall–Kier alpha value is -0.0400. The highest BCUT2D eigenvalue weighted by Gasteiger charge is 2.34. The first-order chi connectivity index (χ1) is 5.88. The van der Waals surface area contributed by atoms with E-state index in [2.05, 4.69) is 6.92 Å². The van der Waals surface area contributed by atoms with E-state index >= 15 is 0 Å². The fraction of sp³-hybridized carbons (Fsp3) is 1.00. The van der Waals surface area contributed by atoms with Gasteiger partial charge >= 0.3 is 0 Å². The summed E-state index contributed by atoms with van der Waals surface area (Å²) in [7, 11) is 0. The Morgan fingerprint density at radius 1 is 1.08 bits per heavy atom. The van der Waals surface area contributed by atoms with Crippen molar-refractivity contribution in [3.05, 3.63) is 0 Å². The summed E-state index contributed by atoms with van der Waals surface area (Å²) in [4.78, 5) is 0. The van der Waals surface area contributed by atoms with Crippen LogP contribution in [0.3, 0.4) is 0 Å². The molecule has 1 nitrogen and oxygen atoms in total. The molecule has 1 aliphatic carbocycles. The van der Waals surface area contributed by atoms with Crippen LogP contribution in [0, 0.1) is 11.8 Å². The molecule has 1 saturated carbocycles. The predicted molar refractivity (Wildman–Crippen MR) is 52.1 cm³/mol. The molecule has 1 N–H and O–H groups in total. The van der Waals surface area contributed by atoms with E-state index in [4.69, 9.17) is 5.11 Å². The predicted octanol–water partition coefficient (Wildman–Crippen LogP) is 2.98. The van der Waals surface area contributed by atoms with Gasteiger partial charge in [0.25, 0.3) is 0 Å². The van der Waals surface area contributed by atoms with Gasteiger partial charge in [-0.05, 0) is 18.3 Å². The minimum atomic E-state index is 0.430. The number of aliphatic hydroxyl groups excluding tert-OH is 1. The fourth-order valence-corrected chi connectivity index (χ4v) is 1.90. The second-order valence-electron chi connectivity index (χ2n) is 4.14. The summed E-state index contributed by atoms with van der Waals surface area (Å²) in [5, 5.41) is 8.82. The van der Waals surface area contributed by atoms with E-state index in [0.717, 1.165) is 5.92 Å². The lowest BCUT2D eigenvalue weighted by Crippen LogP contribution is -1.89. The van der Waals surface area contributed by atoms with E-state index < -0.39 is 0 Å². The van der Waals surface area contributed by atoms with Crippen molar-refractivity contribution in [2.24, 2.45) is 11.8 Å². The molecule has 1 rings (SSSR count). The Labute approximate surface area is 76.2 Å². The van der Waals surface area contributed by atoms with Crippen LogP contribution in [0.25, 0.3) is 0 Å². The van der Waals surface area contributed by atoms with Crippen LogP contribution < -0.4 is 0 Å². The van der Waals surface area contributed by atoms with Gasteiger partial charge in [0.2, 0.25) is 0 Å². The van der Waals surface area contributed by atoms with E-state index in [1.54, 1.807) is 0 Å². The molecule has 0 aromatic heterocycles. The molecule has 0 radical (unpaired) electrons. The highest BCUT2D eigenvalue weighted by atomic mass is 16.3. The molecule has 2 atom stereocenters. The summed E-state index contributed by atoms with van der Waals surface area (Å²) in [5.41, 5.74) is 0. The van der Waals surface area contributed by atoms with Crippen molar-refractivity contribution in [3.8, 4) is 0 Å². The van der Waals surface area contributed by atoms with Gasteiger partial charge in [0.1, 0.15) is 0 Å². The molecule has 0 aliphatic heterocycles. The maximum absolute atomic E-state index is 8.82. The van der Waals surface area contributed by atoms with Gasteiger partial charge in [-0.25, -0.2) is 0 Å². The number of hydrogen-bond donors (Lipinski definition) is 1. The maximum Gasteiger partial charge on any atom is 0.0462 e. The number of rotatable bonds is 7. The van der Waals surface area contributed by atoms with Crippen molar-refractivity contribution in [2.75, 3.05) is 6.61 Å². The highest BCUT2D eigenvalue weighted by molar-refractivity contribution is 4.84. The standard InChI is InChI=1S/C11H22O/c1-2-3-4-5-6-7-10-8-11(10)9-12/h10-12H,2-9H2,1H3. The van der Waals surface area contributed by atoms with E-state index in [0.29, 0.717) is 12.5 Å². The van der Waals surface area contributed by atoms with Crippen LogP contribution in [0.1, 0.15) is 51.9 Å². The van der Waals surface area contributed by atoms with Crippen molar-refractivity contribution >= 4 is 0 Å². The lowest BCUT2D eigenvalue weighted by Gasteiger charge is -1.98. The van der Waals surface area contributed by atoms with E-state index in [1.807, 2.05) is 0 Å². The molecule has 72 valence electrons. The normalized spacial score (nSPS) is 27.5. The molecule has 1 fully saturated rings. The van der Waals surface area contributed by atoms with Crippen molar-refractivity contribution in [2.45, 2.75) is 51.9 Å². The van der Waals surface area contributed by atoms with Crippen LogP contribution in [0.15, 0.2) is 0 Å². The van der Waals surface area contributed by atoms with Gasteiger partial charge in [0.15, 0.2) is 0 Å². The highest BCUT2D eigenvalue weighted by Crippen LogP contribution is 2.41. The number of unbranched alkanes of at least 4 members (excludes halogenated alkanes) is 4. The molecule has 0 bridgehead atoms. The first-order valence-corrected chi connectivity index (χ1v) is 5.49. The Bertz CT molecular complexity index is 112. The third kappa shape index (κ3) is 3.57. The quantitative estimate of drug-likeness (QED) is 0.582. The minimum Gasteiger partial charge on any atom is -0.396 e. The second-order valence-corrected chi connectivity index (χ2v) is 4.14. The summed E-state index contributed by atoms with van der Waals surface area (Å²) in [6, 6.07) is 0. The van der Waals surface area contributed by atoms with Gasteiger partial charge in [0, 0.05) is 6.61 Å². The molecule has 0 amide bonds. The van der Waals surface area contributed by atoms with Crippen LogP contribution >= 0.6 is 0 Å². The Kier molecular flexibility index (Phi) is 4.67. The Balaban J connectivity index is 1.78. The van der Waals surface area contributed by atoms with E-state index in [9.17, 15) is 0 Å². The molecule has 0 saturated heterocycles. The lowest BCUT2D eigenvalue weighted by molar-refractivity contribution is 0.267.